The van der Waals surface area contributed by atoms with Crippen LogP contribution >= 0.6 is 0 Å². The van der Waals surface area contributed by atoms with E-state index in [4.69, 9.17) is 5.11 Å². The number of carbonyl (C=O) groups is 1. The van der Waals surface area contributed by atoms with Gasteiger partial charge in [-0.2, -0.15) is 0 Å². The summed E-state index contributed by atoms with van der Waals surface area (Å²) in [5, 5.41) is 8.85. The second-order valence-electron chi connectivity index (χ2n) is 3.41. The average Bonchev–Trinajstić information content (AvgIpc) is 2.29. The van der Waals surface area contributed by atoms with E-state index in [-0.39, 0.29) is 5.69 Å². The lowest BCUT2D eigenvalue weighted by Crippen LogP contribution is -2.03. The van der Waals surface area contributed by atoms with Gasteiger partial charge < -0.3 is 5.11 Å². The van der Waals surface area contributed by atoms with Gasteiger partial charge in [0, 0.05) is 18.0 Å². The summed E-state index contributed by atoms with van der Waals surface area (Å²) in [5.41, 5.74) is 2.33. The van der Waals surface area contributed by atoms with E-state index in [1.807, 2.05) is 18.2 Å². The molecule has 2 aromatic rings. The van der Waals surface area contributed by atoms with Crippen LogP contribution < -0.4 is 0 Å². The van der Waals surface area contributed by atoms with Gasteiger partial charge in [-0.15, -0.1) is 0 Å². The summed E-state index contributed by atoms with van der Waals surface area (Å²) >= 11 is 0. The molecule has 80 valence electrons. The van der Waals surface area contributed by atoms with Crippen LogP contribution in [-0.2, 0) is 0 Å². The molecule has 0 unspecified atom stereocenters. The van der Waals surface area contributed by atoms with Gasteiger partial charge in [-0.3, -0.25) is 4.98 Å². The summed E-state index contributed by atoms with van der Waals surface area (Å²) in [5.74, 6) is -1.01. The molecule has 0 amide bonds. The zero-order valence-electron chi connectivity index (χ0n) is 8.71. The van der Waals surface area contributed by atoms with Crippen LogP contribution in [0, 0.1) is 6.92 Å². The Balaban J connectivity index is 2.46. The fourth-order valence-electron chi connectivity index (χ4n) is 1.47. The van der Waals surface area contributed by atoms with Crippen LogP contribution in [0.3, 0.4) is 0 Å². The van der Waals surface area contributed by atoms with Crippen LogP contribution in [0.4, 0.5) is 0 Å². The smallest absolute Gasteiger partial charge is 0.354 e. The molecule has 0 atom stereocenters. The zero-order chi connectivity index (χ0) is 11.5. The highest BCUT2D eigenvalue weighted by Crippen LogP contribution is 2.17. The van der Waals surface area contributed by atoms with Gasteiger partial charge in [-0.25, -0.2) is 9.78 Å². The molecule has 4 nitrogen and oxygen atoms in total. The van der Waals surface area contributed by atoms with E-state index in [0.717, 1.165) is 11.3 Å². The Morgan fingerprint density at radius 1 is 1.31 bits per heavy atom. The highest BCUT2D eigenvalue weighted by atomic mass is 16.4. The largest absolute Gasteiger partial charge is 0.477 e. The first-order chi connectivity index (χ1) is 7.68. The van der Waals surface area contributed by atoms with Crippen LogP contribution in [0.5, 0.6) is 0 Å². The van der Waals surface area contributed by atoms with Gasteiger partial charge in [0.15, 0.2) is 5.69 Å². The molecule has 0 radical (unpaired) electrons. The van der Waals surface area contributed by atoms with Gasteiger partial charge in [0.25, 0.3) is 0 Å². The van der Waals surface area contributed by atoms with Crippen molar-refractivity contribution in [3.8, 4) is 11.3 Å². The van der Waals surface area contributed by atoms with Crippen molar-refractivity contribution < 1.29 is 9.90 Å². The van der Waals surface area contributed by atoms with Gasteiger partial charge >= 0.3 is 5.97 Å². The standard InChI is InChI=1S/C12H10N2O2/c1-8-6-9(7-14-11(8)12(15)16)10-4-2-3-5-13-10/h2-7H,1H3,(H,15,16). The number of carboxylic acids is 1. The van der Waals surface area contributed by atoms with E-state index in [9.17, 15) is 4.79 Å². The van der Waals surface area contributed by atoms with E-state index < -0.39 is 5.97 Å². The Morgan fingerprint density at radius 3 is 2.69 bits per heavy atom. The van der Waals surface area contributed by atoms with Crippen LogP contribution in [-0.4, -0.2) is 21.0 Å². The van der Waals surface area contributed by atoms with Crippen LogP contribution in [0.15, 0.2) is 36.7 Å². The number of nitrogens with zero attached hydrogens (tertiary/aromatic N) is 2. The topological polar surface area (TPSA) is 63.1 Å². The molecule has 0 aliphatic carbocycles. The molecule has 16 heavy (non-hydrogen) atoms. The fourth-order valence-corrected chi connectivity index (χ4v) is 1.47. The SMILES string of the molecule is Cc1cc(-c2ccccn2)cnc1C(=O)O. The number of aromatic carboxylic acids is 1. The van der Waals surface area contributed by atoms with Crippen molar-refractivity contribution in [1.82, 2.24) is 9.97 Å². The van der Waals surface area contributed by atoms with Crippen molar-refractivity contribution >= 4 is 5.97 Å². The first kappa shape index (κ1) is 10.3. The van der Waals surface area contributed by atoms with Crippen molar-refractivity contribution in [2.24, 2.45) is 0 Å². The summed E-state index contributed by atoms with van der Waals surface area (Å²) in [4.78, 5) is 18.9. The third-order valence-corrected chi connectivity index (χ3v) is 2.24. The molecule has 4 heteroatoms. The van der Waals surface area contributed by atoms with Crippen LogP contribution in [0.1, 0.15) is 16.1 Å². The Kier molecular flexibility index (Phi) is 2.64. The maximum Gasteiger partial charge on any atom is 0.354 e. The molecule has 2 rings (SSSR count). The van der Waals surface area contributed by atoms with Crippen molar-refractivity contribution in [3.05, 3.63) is 47.9 Å². The van der Waals surface area contributed by atoms with E-state index in [0.29, 0.717) is 5.56 Å². The van der Waals surface area contributed by atoms with Crippen LogP contribution in [0.25, 0.3) is 11.3 Å². The summed E-state index contributed by atoms with van der Waals surface area (Å²) in [6.45, 7) is 1.73. The molecule has 0 spiro atoms. The molecule has 0 aliphatic rings. The van der Waals surface area contributed by atoms with Crippen molar-refractivity contribution in [1.29, 1.82) is 0 Å². The molecule has 0 saturated heterocycles. The number of carboxylic acid groups (broad SMARTS) is 1. The van der Waals surface area contributed by atoms with Crippen LogP contribution in [0.2, 0.25) is 0 Å². The highest BCUT2D eigenvalue weighted by Gasteiger charge is 2.09. The molecule has 0 bridgehead atoms. The Morgan fingerprint density at radius 2 is 2.12 bits per heavy atom. The molecule has 2 aromatic heterocycles. The molecule has 0 aromatic carbocycles. The van der Waals surface area contributed by atoms with Gasteiger partial charge in [0.05, 0.1) is 5.69 Å². The highest BCUT2D eigenvalue weighted by molar-refractivity contribution is 5.87. The molecule has 0 fully saturated rings. The quantitative estimate of drug-likeness (QED) is 0.831. The van der Waals surface area contributed by atoms with Crippen molar-refractivity contribution in [2.75, 3.05) is 0 Å². The monoisotopic (exact) mass is 214 g/mol. The molecule has 0 aliphatic heterocycles. The van der Waals surface area contributed by atoms with E-state index in [1.165, 1.54) is 6.20 Å². The lowest BCUT2D eigenvalue weighted by atomic mass is 10.1. The lowest BCUT2D eigenvalue weighted by Gasteiger charge is -2.03. The third kappa shape index (κ3) is 1.91. The van der Waals surface area contributed by atoms with Gasteiger partial charge in [-0.05, 0) is 30.7 Å². The number of hydrogen-bond donors (Lipinski definition) is 1. The first-order valence-corrected chi connectivity index (χ1v) is 4.80. The Hall–Kier alpha value is -2.23. The molecular weight excluding hydrogens is 204 g/mol. The third-order valence-electron chi connectivity index (χ3n) is 2.24. The average molecular weight is 214 g/mol. The number of aryl methyl sites for hydroxylation is 1. The predicted octanol–water partition coefficient (Wildman–Crippen LogP) is 2.15. The Bertz CT molecular complexity index is 524. The van der Waals surface area contributed by atoms with Gasteiger partial charge in [-0.1, -0.05) is 6.07 Å². The number of aromatic nitrogens is 2. The molecule has 0 saturated carbocycles. The minimum Gasteiger partial charge on any atom is -0.477 e. The Labute approximate surface area is 92.6 Å². The summed E-state index contributed by atoms with van der Waals surface area (Å²) in [6, 6.07) is 7.34. The predicted molar refractivity (Wildman–Crippen MR) is 59.2 cm³/mol. The maximum absolute atomic E-state index is 10.8. The van der Waals surface area contributed by atoms with E-state index in [1.54, 1.807) is 19.2 Å². The second-order valence-corrected chi connectivity index (χ2v) is 3.41. The van der Waals surface area contributed by atoms with E-state index >= 15 is 0 Å². The minimum atomic E-state index is -1.01. The van der Waals surface area contributed by atoms with Gasteiger partial charge in [0.2, 0.25) is 0 Å². The summed E-state index contributed by atoms with van der Waals surface area (Å²) < 4.78 is 0. The van der Waals surface area contributed by atoms with Gasteiger partial charge in [0.1, 0.15) is 0 Å². The zero-order valence-corrected chi connectivity index (χ0v) is 8.71. The molecule has 1 N–H and O–H groups in total. The number of rotatable bonds is 2. The number of hydrogen-bond acceptors (Lipinski definition) is 3. The fraction of sp³-hybridized carbons (Fsp3) is 0.0833. The normalized spacial score (nSPS) is 10.1. The maximum atomic E-state index is 10.8. The number of pyridine rings is 2. The molecule has 2 heterocycles. The van der Waals surface area contributed by atoms with Crippen molar-refractivity contribution in [2.45, 2.75) is 6.92 Å². The second kappa shape index (κ2) is 4.10. The molecular formula is C12H10N2O2. The summed E-state index contributed by atoms with van der Waals surface area (Å²) in [6.07, 6.45) is 3.22. The van der Waals surface area contributed by atoms with Crippen molar-refractivity contribution in [3.63, 3.8) is 0 Å². The minimum absolute atomic E-state index is 0.0830. The first-order valence-electron chi connectivity index (χ1n) is 4.80. The van der Waals surface area contributed by atoms with E-state index in [2.05, 4.69) is 9.97 Å². The summed E-state index contributed by atoms with van der Waals surface area (Å²) in [7, 11) is 0. The lowest BCUT2D eigenvalue weighted by molar-refractivity contribution is 0.0689.